The van der Waals surface area contributed by atoms with Crippen LogP contribution in [0.4, 0.5) is 5.69 Å². The highest BCUT2D eigenvalue weighted by Gasteiger charge is 2.15. The van der Waals surface area contributed by atoms with Crippen LogP contribution in [0.5, 0.6) is 17.2 Å². The number of rotatable bonds is 11. The summed E-state index contributed by atoms with van der Waals surface area (Å²) in [5.74, 6) is 2.20. The summed E-state index contributed by atoms with van der Waals surface area (Å²) >= 11 is 8.74. The molecule has 3 aromatic rings. The van der Waals surface area contributed by atoms with Crippen LogP contribution in [0.1, 0.15) is 30.6 Å². The number of nitrogens with one attached hydrogen (secondary N) is 2. The smallest absolute Gasteiger partial charge is 0.261 e. The molecule has 0 fully saturated rings. The summed E-state index contributed by atoms with van der Waals surface area (Å²) in [6, 6.07) is 22.2. The summed E-state index contributed by atoms with van der Waals surface area (Å²) in [4.78, 5) is 12.8. The summed E-state index contributed by atoms with van der Waals surface area (Å²) in [6.45, 7) is 5.65. The predicted molar refractivity (Wildman–Crippen MR) is 147 cm³/mol. The highest BCUT2D eigenvalue weighted by Crippen LogP contribution is 2.24. The first-order chi connectivity index (χ1) is 16.9. The molecule has 2 N–H and O–H groups in total. The summed E-state index contributed by atoms with van der Waals surface area (Å²) in [6.07, 6.45) is 0.900. The van der Waals surface area contributed by atoms with E-state index in [-0.39, 0.29) is 11.0 Å². The average molecular weight is 558 g/mol. The van der Waals surface area contributed by atoms with E-state index in [1.807, 2.05) is 60.7 Å². The highest BCUT2D eigenvalue weighted by molar-refractivity contribution is 9.10. The van der Waals surface area contributed by atoms with Crippen LogP contribution in [-0.2, 0) is 0 Å². The molecule has 0 spiro atoms. The maximum absolute atomic E-state index is 12.8. The van der Waals surface area contributed by atoms with Crippen molar-refractivity contribution in [2.24, 2.45) is 5.92 Å². The first-order valence-corrected chi connectivity index (χ1v) is 12.6. The topological polar surface area (TPSA) is 68.8 Å². The minimum absolute atomic E-state index is 0.188. The Morgan fingerprint density at radius 3 is 2.20 bits per heavy atom. The lowest BCUT2D eigenvalue weighted by atomic mass is 10.1. The summed E-state index contributed by atoms with van der Waals surface area (Å²) in [5.41, 5.74) is 1.14. The van der Waals surface area contributed by atoms with E-state index in [0.29, 0.717) is 42.8 Å². The van der Waals surface area contributed by atoms with Crippen molar-refractivity contribution in [1.29, 1.82) is 0 Å². The second kappa shape index (κ2) is 13.7. The van der Waals surface area contributed by atoms with Gasteiger partial charge in [-0.2, -0.15) is 0 Å². The number of hydrogen-bond donors (Lipinski definition) is 2. The van der Waals surface area contributed by atoms with Gasteiger partial charge in [0.2, 0.25) is 0 Å². The van der Waals surface area contributed by atoms with Crippen molar-refractivity contribution in [2.45, 2.75) is 20.3 Å². The van der Waals surface area contributed by atoms with Crippen LogP contribution < -0.4 is 24.8 Å². The molecule has 0 unspecified atom stereocenters. The second-order valence-electron chi connectivity index (χ2n) is 8.11. The van der Waals surface area contributed by atoms with E-state index in [4.69, 9.17) is 26.4 Å². The molecule has 3 aromatic carbocycles. The van der Waals surface area contributed by atoms with Gasteiger partial charge in [-0.3, -0.25) is 10.1 Å². The SMILES string of the molecule is CC(C)CCOc1ccc(Br)cc1C(=O)NC(=S)Nc1ccc(OCCOc2ccccc2)cc1. The number of para-hydroxylation sites is 1. The molecule has 0 heterocycles. The predicted octanol–water partition coefficient (Wildman–Crippen LogP) is 6.46. The van der Waals surface area contributed by atoms with Crippen LogP contribution in [0.15, 0.2) is 77.3 Å². The largest absolute Gasteiger partial charge is 0.493 e. The third-order valence-corrected chi connectivity index (χ3v) is 5.54. The number of carbonyl (C=O) groups excluding carboxylic acids is 1. The van der Waals surface area contributed by atoms with E-state index in [2.05, 4.69) is 40.4 Å². The van der Waals surface area contributed by atoms with Crippen molar-refractivity contribution < 1.29 is 19.0 Å². The van der Waals surface area contributed by atoms with Gasteiger partial charge in [0.25, 0.3) is 5.91 Å². The molecule has 6 nitrogen and oxygen atoms in total. The Morgan fingerprint density at radius 2 is 1.54 bits per heavy atom. The zero-order chi connectivity index (χ0) is 25.0. The van der Waals surface area contributed by atoms with E-state index in [9.17, 15) is 4.79 Å². The van der Waals surface area contributed by atoms with Crippen molar-refractivity contribution in [3.05, 3.63) is 82.8 Å². The number of amides is 1. The number of anilines is 1. The van der Waals surface area contributed by atoms with Crippen molar-refractivity contribution in [3.8, 4) is 17.2 Å². The molecule has 184 valence electrons. The molecule has 1 amide bonds. The van der Waals surface area contributed by atoms with Crippen LogP contribution in [0.2, 0.25) is 0 Å². The van der Waals surface area contributed by atoms with E-state index >= 15 is 0 Å². The van der Waals surface area contributed by atoms with Crippen molar-refractivity contribution >= 4 is 44.9 Å². The molecular weight excluding hydrogens is 528 g/mol. The van der Waals surface area contributed by atoms with Crippen molar-refractivity contribution in [2.75, 3.05) is 25.1 Å². The van der Waals surface area contributed by atoms with Crippen LogP contribution in [-0.4, -0.2) is 30.8 Å². The lowest BCUT2D eigenvalue weighted by Crippen LogP contribution is -2.34. The first kappa shape index (κ1) is 26.5. The molecule has 0 aliphatic heterocycles. The highest BCUT2D eigenvalue weighted by atomic mass is 79.9. The Morgan fingerprint density at radius 1 is 0.886 bits per heavy atom. The minimum atomic E-state index is -0.346. The quantitative estimate of drug-likeness (QED) is 0.208. The Hall–Kier alpha value is -3.10. The van der Waals surface area contributed by atoms with Crippen LogP contribution >= 0.6 is 28.1 Å². The van der Waals surface area contributed by atoms with Gasteiger partial charge in [0.1, 0.15) is 30.5 Å². The molecule has 0 saturated heterocycles. The normalized spacial score (nSPS) is 10.5. The van der Waals surface area contributed by atoms with E-state index in [1.165, 1.54) is 0 Å². The molecule has 35 heavy (non-hydrogen) atoms. The Kier molecular flexibility index (Phi) is 10.4. The number of ether oxygens (including phenoxy) is 3. The molecule has 0 aliphatic rings. The van der Waals surface area contributed by atoms with Gasteiger partial charge in [0, 0.05) is 10.2 Å². The zero-order valence-electron chi connectivity index (χ0n) is 19.8. The molecule has 0 bridgehead atoms. The van der Waals surface area contributed by atoms with Crippen LogP contribution in [0, 0.1) is 5.92 Å². The minimum Gasteiger partial charge on any atom is -0.493 e. The standard InChI is InChI=1S/C27H29BrN2O4S/c1-19(2)14-15-34-25-13-8-20(28)18-24(25)26(31)30-27(35)29-21-9-11-23(12-10-21)33-17-16-32-22-6-4-3-5-7-22/h3-13,18-19H,14-17H2,1-2H3,(H2,29,30,31,35). The Labute approximate surface area is 220 Å². The van der Waals surface area contributed by atoms with Crippen LogP contribution in [0.25, 0.3) is 0 Å². The molecule has 3 rings (SSSR count). The zero-order valence-corrected chi connectivity index (χ0v) is 22.2. The van der Waals surface area contributed by atoms with E-state index in [1.54, 1.807) is 12.1 Å². The van der Waals surface area contributed by atoms with Gasteiger partial charge in [-0.25, -0.2) is 0 Å². The summed E-state index contributed by atoms with van der Waals surface area (Å²) < 4.78 is 17.9. The van der Waals surface area contributed by atoms with Crippen molar-refractivity contribution in [3.63, 3.8) is 0 Å². The van der Waals surface area contributed by atoms with Gasteiger partial charge in [-0.05, 0) is 79.2 Å². The first-order valence-electron chi connectivity index (χ1n) is 11.4. The van der Waals surface area contributed by atoms with Crippen LogP contribution in [0.3, 0.4) is 0 Å². The van der Waals surface area contributed by atoms with Gasteiger partial charge in [-0.1, -0.05) is 48.0 Å². The number of carbonyl (C=O) groups is 1. The Balaban J connectivity index is 1.47. The molecule has 0 atom stereocenters. The molecule has 0 radical (unpaired) electrons. The van der Waals surface area contributed by atoms with E-state index < -0.39 is 0 Å². The molecule has 0 aromatic heterocycles. The average Bonchev–Trinajstić information content (AvgIpc) is 2.84. The summed E-state index contributed by atoms with van der Waals surface area (Å²) in [7, 11) is 0. The second-order valence-corrected chi connectivity index (χ2v) is 9.44. The number of halogens is 1. The molecular formula is C27H29BrN2O4S. The van der Waals surface area contributed by atoms with Crippen molar-refractivity contribution in [1.82, 2.24) is 5.32 Å². The van der Waals surface area contributed by atoms with Gasteiger partial charge >= 0.3 is 0 Å². The lowest BCUT2D eigenvalue weighted by Gasteiger charge is -2.14. The number of hydrogen-bond acceptors (Lipinski definition) is 5. The van der Waals surface area contributed by atoms with Gasteiger partial charge < -0.3 is 19.5 Å². The fraction of sp³-hybridized carbons (Fsp3) is 0.259. The molecule has 0 aliphatic carbocycles. The molecule has 0 saturated carbocycles. The fourth-order valence-electron chi connectivity index (χ4n) is 3.01. The van der Waals surface area contributed by atoms with Gasteiger partial charge in [0.15, 0.2) is 5.11 Å². The molecule has 8 heteroatoms. The third kappa shape index (κ3) is 9.22. The number of benzene rings is 3. The summed E-state index contributed by atoms with van der Waals surface area (Å²) in [5, 5.41) is 5.92. The Bertz CT molecular complexity index is 1110. The van der Waals surface area contributed by atoms with Gasteiger partial charge in [0.05, 0.1) is 12.2 Å². The fourth-order valence-corrected chi connectivity index (χ4v) is 3.58. The monoisotopic (exact) mass is 556 g/mol. The maximum Gasteiger partial charge on any atom is 0.261 e. The van der Waals surface area contributed by atoms with Gasteiger partial charge in [-0.15, -0.1) is 0 Å². The number of thiocarbonyl (C=S) groups is 1. The third-order valence-electron chi connectivity index (χ3n) is 4.84. The maximum atomic E-state index is 12.8. The lowest BCUT2D eigenvalue weighted by molar-refractivity contribution is 0.0973. The van der Waals surface area contributed by atoms with E-state index in [0.717, 1.165) is 22.3 Å².